The van der Waals surface area contributed by atoms with Crippen LogP contribution >= 0.6 is 0 Å². The minimum Gasteiger partial charge on any atom is -0.369 e. The molecule has 0 spiro atoms. The summed E-state index contributed by atoms with van der Waals surface area (Å²) in [5, 5.41) is 8.62. The van der Waals surface area contributed by atoms with Crippen molar-refractivity contribution in [2.75, 3.05) is 11.9 Å². The smallest absolute Gasteiger partial charge is 0.163 e. The summed E-state index contributed by atoms with van der Waals surface area (Å²) in [6.07, 6.45) is 5.78. The highest BCUT2D eigenvalue weighted by Gasteiger charge is 2.15. The molecule has 0 radical (unpaired) electrons. The number of fused-ring (bicyclic) bond motifs is 1. The van der Waals surface area contributed by atoms with Crippen LogP contribution in [0.15, 0.2) is 12.5 Å². The summed E-state index contributed by atoms with van der Waals surface area (Å²) in [6, 6.07) is 0. The second-order valence-electron chi connectivity index (χ2n) is 6.81. The van der Waals surface area contributed by atoms with E-state index < -0.39 is 0 Å². The molecule has 1 unspecified atom stereocenters. The Hall–Kier alpha value is -1.65. The number of anilines is 1. The van der Waals surface area contributed by atoms with Crippen LogP contribution in [0.2, 0.25) is 0 Å². The largest absolute Gasteiger partial charge is 0.369 e. The van der Waals surface area contributed by atoms with Crippen molar-refractivity contribution in [2.24, 2.45) is 18.4 Å². The Morgan fingerprint density at radius 3 is 2.75 bits per heavy atom. The molecule has 0 aliphatic rings. The van der Waals surface area contributed by atoms with Crippen molar-refractivity contribution < 1.29 is 0 Å². The van der Waals surface area contributed by atoms with Gasteiger partial charge in [-0.3, -0.25) is 4.68 Å². The Bertz CT molecular complexity index is 567. The molecule has 0 amide bonds. The number of aryl methyl sites for hydroxylation is 1. The van der Waals surface area contributed by atoms with Gasteiger partial charge in [0, 0.05) is 13.6 Å². The van der Waals surface area contributed by atoms with Crippen molar-refractivity contribution in [3.05, 3.63) is 12.5 Å². The highest BCUT2D eigenvalue weighted by Crippen LogP contribution is 2.26. The molecule has 110 valence electrons. The minimum absolute atomic E-state index is 0.394. The highest BCUT2D eigenvalue weighted by molar-refractivity contribution is 5.85. The van der Waals surface area contributed by atoms with Crippen LogP contribution in [0, 0.1) is 11.3 Å². The van der Waals surface area contributed by atoms with Crippen LogP contribution in [0.25, 0.3) is 11.0 Å². The van der Waals surface area contributed by atoms with Crippen molar-refractivity contribution in [1.82, 2.24) is 19.7 Å². The number of hydrogen-bond acceptors (Lipinski definition) is 4. The zero-order chi connectivity index (χ0) is 14.8. The zero-order valence-electron chi connectivity index (χ0n) is 13.1. The molecule has 0 aromatic carbocycles. The first kappa shape index (κ1) is 14.8. The maximum absolute atomic E-state index is 4.32. The van der Waals surface area contributed by atoms with E-state index in [1.807, 2.05) is 13.2 Å². The van der Waals surface area contributed by atoms with Crippen molar-refractivity contribution in [1.29, 1.82) is 0 Å². The first-order valence-corrected chi connectivity index (χ1v) is 7.23. The SMILES string of the molecule is CC(CCNc1ncnc2c1cnn2C)CC(C)(C)C. The first-order valence-electron chi connectivity index (χ1n) is 7.23. The lowest BCUT2D eigenvalue weighted by Gasteiger charge is -2.23. The van der Waals surface area contributed by atoms with Crippen LogP contribution in [-0.2, 0) is 7.05 Å². The average Bonchev–Trinajstić information content (AvgIpc) is 2.70. The first-order chi connectivity index (χ1) is 9.37. The van der Waals surface area contributed by atoms with Gasteiger partial charge in [0.25, 0.3) is 0 Å². The lowest BCUT2D eigenvalue weighted by atomic mass is 9.84. The second kappa shape index (κ2) is 5.77. The third-order valence-electron chi connectivity index (χ3n) is 3.42. The number of rotatable bonds is 5. The van der Waals surface area contributed by atoms with E-state index in [2.05, 4.69) is 48.1 Å². The second-order valence-corrected chi connectivity index (χ2v) is 6.81. The van der Waals surface area contributed by atoms with Crippen molar-refractivity contribution in [2.45, 2.75) is 40.5 Å². The molecule has 2 heterocycles. The van der Waals surface area contributed by atoms with Gasteiger partial charge in [-0.2, -0.15) is 5.10 Å². The molecule has 0 aliphatic heterocycles. The van der Waals surface area contributed by atoms with Gasteiger partial charge in [-0.25, -0.2) is 9.97 Å². The zero-order valence-corrected chi connectivity index (χ0v) is 13.1. The highest BCUT2D eigenvalue weighted by atomic mass is 15.3. The summed E-state index contributed by atoms with van der Waals surface area (Å²) in [5.41, 5.74) is 1.26. The fourth-order valence-electron chi connectivity index (χ4n) is 2.69. The van der Waals surface area contributed by atoms with Gasteiger partial charge in [0.05, 0.1) is 11.6 Å². The number of nitrogens with zero attached hydrogens (tertiary/aromatic N) is 4. The molecule has 1 N–H and O–H groups in total. The summed E-state index contributed by atoms with van der Waals surface area (Å²) in [6.45, 7) is 10.1. The summed E-state index contributed by atoms with van der Waals surface area (Å²) < 4.78 is 1.77. The molecule has 2 aromatic rings. The van der Waals surface area contributed by atoms with Gasteiger partial charge in [-0.05, 0) is 24.2 Å². The fourth-order valence-corrected chi connectivity index (χ4v) is 2.69. The van der Waals surface area contributed by atoms with Crippen LogP contribution in [0.5, 0.6) is 0 Å². The van der Waals surface area contributed by atoms with Crippen LogP contribution in [-0.4, -0.2) is 26.3 Å². The quantitative estimate of drug-likeness (QED) is 0.910. The van der Waals surface area contributed by atoms with Crippen molar-refractivity contribution in [3.8, 4) is 0 Å². The summed E-state index contributed by atoms with van der Waals surface area (Å²) in [5.74, 6) is 1.58. The van der Waals surface area contributed by atoms with Crippen LogP contribution in [0.1, 0.15) is 40.5 Å². The normalized spacial score (nSPS) is 13.7. The van der Waals surface area contributed by atoms with Gasteiger partial charge < -0.3 is 5.32 Å². The fraction of sp³-hybridized carbons (Fsp3) is 0.667. The van der Waals surface area contributed by atoms with E-state index in [1.54, 1.807) is 11.0 Å². The summed E-state index contributed by atoms with van der Waals surface area (Å²) >= 11 is 0. The van der Waals surface area contributed by atoms with E-state index in [9.17, 15) is 0 Å². The lowest BCUT2D eigenvalue weighted by molar-refractivity contribution is 0.300. The third-order valence-corrected chi connectivity index (χ3v) is 3.42. The van der Waals surface area contributed by atoms with Gasteiger partial charge in [0.15, 0.2) is 5.65 Å². The predicted molar refractivity (Wildman–Crippen MR) is 82.6 cm³/mol. The van der Waals surface area contributed by atoms with Gasteiger partial charge in [-0.1, -0.05) is 27.7 Å². The van der Waals surface area contributed by atoms with E-state index >= 15 is 0 Å². The van der Waals surface area contributed by atoms with Crippen molar-refractivity contribution >= 4 is 16.9 Å². The van der Waals surface area contributed by atoms with E-state index in [-0.39, 0.29) is 0 Å². The summed E-state index contributed by atoms with van der Waals surface area (Å²) in [4.78, 5) is 8.56. The molecule has 0 saturated carbocycles. The van der Waals surface area contributed by atoms with Gasteiger partial charge in [0.2, 0.25) is 0 Å². The molecule has 0 bridgehead atoms. The molecule has 5 nitrogen and oxygen atoms in total. The Morgan fingerprint density at radius 2 is 2.05 bits per heavy atom. The lowest BCUT2D eigenvalue weighted by Crippen LogP contribution is -2.14. The summed E-state index contributed by atoms with van der Waals surface area (Å²) in [7, 11) is 1.89. The van der Waals surface area contributed by atoms with Gasteiger partial charge >= 0.3 is 0 Å². The average molecular weight is 275 g/mol. The van der Waals surface area contributed by atoms with E-state index in [0.29, 0.717) is 11.3 Å². The maximum atomic E-state index is 4.32. The number of hydrogen-bond donors (Lipinski definition) is 1. The molecule has 0 saturated heterocycles. The molecule has 2 aromatic heterocycles. The molecule has 2 rings (SSSR count). The molecule has 5 heteroatoms. The van der Waals surface area contributed by atoms with Crippen molar-refractivity contribution in [3.63, 3.8) is 0 Å². The molecular weight excluding hydrogens is 250 g/mol. The molecule has 0 fully saturated rings. The molecular formula is C15H25N5. The molecule has 1 atom stereocenters. The van der Waals surface area contributed by atoms with Crippen LogP contribution in [0.3, 0.4) is 0 Å². The Labute approximate surface area is 120 Å². The Kier molecular flexibility index (Phi) is 4.26. The topological polar surface area (TPSA) is 55.6 Å². The van der Waals surface area contributed by atoms with Crippen LogP contribution < -0.4 is 5.32 Å². The monoisotopic (exact) mass is 275 g/mol. The van der Waals surface area contributed by atoms with Gasteiger partial charge in [0.1, 0.15) is 12.1 Å². The molecule has 0 aliphatic carbocycles. The third kappa shape index (κ3) is 3.68. The number of nitrogens with one attached hydrogen (secondary N) is 1. The Morgan fingerprint density at radius 1 is 1.30 bits per heavy atom. The Balaban J connectivity index is 1.93. The predicted octanol–water partition coefficient (Wildman–Crippen LogP) is 3.24. The minimum atomic E-state index is 0.394. The van der Waals surface area contributed by atoms with Crippen LogP contribution in [0.4, 0.5) is 5.82 Å². The van der Waals surface area contributed by atoms with E-state index in [1.165, 1.54) is 6.42 Å². The molecule has 20 heavy (non-hydrogen) atoms. The number of aromatic nitrogens is 4. The maximum Gasteiger partial charge on any atom is 0.163 e. The van der Waals surface area contributed by atoms with E-state index in [0.717, 1.165) is 29.8 Å². The van der Waals surface area contributed by atoms with Gasteiger partial charge in [-0.15, -0.1) is 0 Å². The van der Waals surface area contributed by atoms with E-state index in [4.69, 9.17) is 0 Å². The standard InChI is InChI=1S/C15H25N5/c1-11(8-15(2,3)4)6-7-16-13-12-9-19-20(5)14(12)18-10-17-13/h9-11H,6-8H2,1-5H3,(H,16,17,18).